The van der Waals surface area contributed by atoms with Crippen LogP contribution in [-0.4, -0.2) is 29.0 Å². The molecule has 0 spiro atoms. The molecule has 5 nitrogen and oxygen atoms in total. The fraction of sp³-hybridized carbons (Fsp3) is 0.250. The molecule has 4 rings (SSSR count). The van der Waals surface area contributed by atoms with Crippen molar-refractivity contribution in [1.29, 1.82) is 0 Å². The molecule has 0 unspecified atom stereocenters. The van der Waals surface area contributed by atoms with E-state index in [2.05, 4.69) is 5.10 Å². The molecule has 29 heavy (non-hydrogen) atoms. The van der Waals surface area contributed by atoms with E-state index in [0.29, 0.717) is 6.07 Å². The van der Waals surface area contributed by atoms with E-state index >= 15 is 0 Å². The summed E-state index contributed by atoms with van der Waals surface area (Å²) in [6.45, 7) is 0.229. The van der Waals surface area contributed by atoms with Gasteiger partial charge in [0.05, 0.1) is 16.7 Å². The maximum absolute atomic E-state index is 13.2. The largest absolute Gasteiger partial charge is 0.416 e. The van der Waals surface area contributed by atoms with Crippen molar-refractivity contribution in [2.24, 2.45) is 7.05 Å². The van der Waals surface area contributed by atoms with Crippen LogP contribution in [0.25, 0.3) is 0 Å². The van der Waals surface area contributed by atoms with E-state index in [1.165, 1.54) is 10.4 Å². The van der Waals surface area contributed by atoms with E-state index in [0.717, 1.165) is 28.8 Å². The van der Waals surface area contributed by atoms with E-state index in [1.807, 2.05) is 30.5 Å². The number of hydrogen-bond acceptors (Lipinski definition) is 3. The van der Waals surface area contributed by atoms with Crippen molar-refractivity contribution < 1.29 is 21.6 Å². The number of sulfonamides is 1. The first-order valence-corrected chi connectivity index (χ1v) is 10.3. The van der Waals surface area contributed by atoms with Gasteiger partial charge in [0.25, 0.3) is 0 Å². The molecule has 152 valence electrons. The Labute approximate surface area is 166 Å². The number of nitrogens with zero attached hydrogens (tertiary/aromatic N) is 3. The van der Waals surface area contributed by atoms with Gasteiger partial charge in [0.1, 0.15) is 0 Å². The summed E-state index contributed by atoms with van der Waals surface area (Å²) >= 11 is 0. The van der Waals surface area contributed by atoms with Crippen molar-refractivity contribution in [2.75, 3.05) is 6.54 Å². The quantitative estimate of drug-likeness (QED) is 0.647. The van der Waals surface area contributed by atoms with Crippen LogP contribution in [0.3, 0.4) is 0 Å². The number of benzene rings is 2. The summed E-state index contributed by atoms with van der Waals surface area (Å²) in [5, 5.41) is 4.17. The van der Waals surface area contributed by atoms with Gasteiger partial charge >= 0.3 is 6.18 Å². The molecule has 1 aromatic heterocycles. The van der Waals surface area contributed by atoms with Crippen molar-refractivity contribution in [3.05, 3.63) is 83.2 Å². The van der Waals surface area contributed by atoms with Crippen LogP contribution in [0.4, 0.5) is 13.2 Å². The molecule has 1 aliphatic heterocycles. The van der Waals surface area contributed by atoms with E-state index in [4.69, 9.17) is 0 Å². The normalized spacial score (nSPS) is 17.9. The molecule has 0 N–H and O–H groups in total. The Morgan fingerprint density at radius 3 is 2.55 bits per heavy atom. The molecule has 0 saturated carbocycles. The highest BCUT2D eigenvalue weighted by Gasteiger charge is 2.36. The number of alkyl halides is 3. The molecule has 0 radical (unpaired) electrons. The van der Waals surface area contributed by atoms with Crippen LogP contribution in [0, 0.1) is 0 Å². The third-order valence-electron chi connectivity index (χ3n) is 5.09. The average Bonchev–Trinajstić information content (AvgIpc) is 3.12. The molecule has 0 fully saturated rings. The Bertz CT molecular complexity index is 1160. The maximum Gasteiger partial charge on any atom is 0.416 e. The Balaban J connectivity index is 1.76. The third kappa shape index (κ3) is 3.67. The fourth-order valence-corrected chi connectivity index (χ4v) is 5.12. The van der Waals surface area contributed by atoms with Crippen molar-refractivity contribution in [2.45, 2.75) is 23.5 Å². The lowest BCUT2D eigenvalue weighted by molar-refractivity contribution is -0.137. The first-order chi connectivity index (χ1) is 13.7. The lowest BCUT2D eigenvalue weighted by atomic mass is 9.87. The van der Waals surface area contributed by atoms with Crippen LogP contribution in [0.2, 0.25) is 0 Å². The third-order valence-corrected chi connectivity index (χ3v) is 6.90. The van der Waals surface area contributed by atoms with Gasteiger partial charge in [-0.2, -0.15) is 22.6 Å². The van der Waals surface area contributed by atoms with Crippen LogP contribution in [0.5, 0.6) is 0 Å². The van der Waals surface area contributed by atoms with E-state index < -0.39 is 21.8 Å². The molecule has 9 heteroatoms. The Morgan fingerprint density at radius 1 is 1.10 bits per heavy atom. The molecule has 3 aromatic rings. The first kappa shape index (κ1) is 19.7. The molecular weight excluding hydrogens is 403 g/mol. The van der Waals surface area contributed by atoms with Gasteiger partial charge < -0.3 is 0 Å². The number of hydrogen-bond donors (Lipinski definition) is 0. The molecule has 1 atom stereocenters. The number of halogens is 3. The van der Waals surface area contributed by atoms with Gasteiger partial charge in [0.15, 0.2) is 0 Å². The second-order valence-electron chi connectivity index (χ2n) is 7.02. The van der Waals surface area contributed by atoms with Gasteiger partial charge in [-0.3, -0.25) is 4.68 Å². The molecule has 0 aliphatic carbocycles. The Morgan fingerprint density at radius 2 is 1.86 bits per heavy atom. The van der Waals surface area contributed by atoms with Gasteiger partial charge in [-0.1, -0.05) is 30.3 Å². The molecular formula is C20H18F3N3O2S. The SMILES string of the molecule is Cn1cc([C@H]2CN(S(=O)(=O)c3cccc(C(F)(F)F)c3)Cc3ccccc32)cn1. The second-order valence-corrected chi connectivity index (χ2v) is 8.96. The molecule has 2 aromatic carbocycles. The number of fused-ring (bicyclic) bond motifs is 1. The zero-order valence-corrected chi connectivity index (χ0v) is 16.3. The van der Waals surface area contributed by atoms with E-state index in [9.17, 15) is 21.6 Å². The minimum atomic E-state index is -4.61. The van der Waals surface area contributed by atoms with Crippen LogP contribution in [0.15, 0.2) is 65.8 Å². The number of aryl methyl sites for hydroxylation is 1. The minimum absolute atomic E-state index is 0.103. The minimum Gasteiger partial charge on any atom is -0.276 e. The number of aromatic nitrogens is 2. The molecule has 0 amide bonds. The van der Waals surface area contributed by atoms with Crippen molar-refractivity contribution in [3.63, 3.8) is 0 Å². The summed E-state index contributed by atoms with van der Waals surface area (Å²) in [5.74, 6) is -0.255. The highest BCUT2D eigenvalue weighted by Crippen LogP contribution is 2.37. The maximum atomic E-state index is 13.2. The first-order valence-electron chi connectivity index (χ1n) is 8.90. The van der Waals surface area contributed by atoms with Crippen molar-refractivity contribution >= 4 is 10.0 Å². The van der Waals surface area contributed by atoms with E-state index in [-0.39, 0.29) is 23.9 Å². The van der Waals surface area contributed by atoms with Gasteiger partial charge in [-0.15, -0.1) is 0 Å². The lowest BCUT2D eigenvalue weighted by Crippen LogP contribution is -2.38. The molecule has 1 aliphatic rings. The van der Waals surface area contributed by atoms with Crippen LogP contribution in [-0.2, 0) is 29.8 Å². The van der Waals surface area contributed by atoms with Crippen LogP contribution >= 0.6 is 0 Å². The fourth-order valence-electron chi connectivity index (χ4n) is 3.64. The zero-order chi connectivity index (χ0) is 20.8. The average molecular weight is 421 g/mol. The monoisotopic (exact) mass is 421 g/mol. The summed E-state index contributed by atoms with van der Waals surface area (Å²) < 4.78 is 68.5. The highest BCUT2D eigenvalue weighted by atomic mass is 32.2. The highest BCUT2D eigenvalue weighted by molar-refractivity contribution is 7.89. The Hall–Kier alpha value is -2.65. The summed E-state index contributed by atoms with van der Waals surface area (Å²) in [5.41, 5.74) is 1.68. The molecule has 0 saturated heterocycles. The van der Waals surface area contributed by atoms with Gasteiger partial charge in [-0.25, -0.2) is 8.42 Å². The van der Waals surface area contributed by atoms with Gasteiger partial charge in [0.2, 0.25) is 10.0 Å². The van der Waals surface area contributed by atoms with E-state index in [1.54, 1.807) is 17.9 Å². The number of rotatable bonds is 3. The summed E-state index contributed by atoms with van der Waals surface area (Å²) in [6, 6.07) is 11.4. The predicted molar refractivity (Wildman–Crippen MR) is 101 cm³/mol. The van der Waals surface area contributed by atoms with Crippen molar-refractivity contribution in [3.8, 4) is 0 Å². The van der Waals surface area contributed by atoms with Gasteiger partial charge in [0, 0.05) is 32.3 Å². The molecule has 2 heterocycles. The summed E-state index contributed by atoms with van der Waals surface area (Å²) in [7, 11) is -2.34. The Kier molecular flexibility index (Phi) is 4.74. The second kappa shape index (κ2) is 7.00. The zero-order valence-electron chi connectivity index (χ0n) is 15.5. The summed E-state index contributed by atoms with van der Waals surface area (Å²) in [4.78, 5) is -0.364. The lowest BCUT2D eigenvalue weighted by Gasteiger charge is -2.33. The van der Waals surface area contributed by atoms with Crippen molar-refractivity contribution in [1.82, 2.24) is 14.1 Å². The summed E-state index contributed by atoms with van der Waals surface area (Å²) in [6.07, 6.45) is -1.11. The standard InChI is InChI=1S/C20H18F3N3O2S/c1-25-11-15(10-24-25)19-13-26(12-14-5-2-3-8-18(14)19)29(27,28)17-7-4-6-16(9-17)20(21,22)23/h2-11,19H,12-13H2,1H3/t19-/m1/s1. The molecule has 0 bridgehead atoms. The predicted octanol–water partition coefficient (Wildman–Crippen LogP) is 3.78. The smallest absolute Gasteiger partial charge is 0.276 e. The van der Waals surface area contributed by atoms with Gasteiger partial charge in [-0.05, 0) is 34.9 Å². The van der Waals surface area contributed by atoms with Crippen LogP contribution in [0.1, 0.15) is 28.2 Å². The van der Waals surface area contributed by atoms with Crippen LogP contribution < -0.4 is 0 Å². The topological polar surface area (TPSA) is 55.2 Å².